The van der Waals surface area contributed by atoms with Crippen LogP contribution in [0.4, 0.5) is 0 Å². The molecular formula is C8H12N2O. The highest BCUT2D eigenvalue weighted by Gasteiger charge is 2.14. The molecule has 11 heavy (non-hydrogen) atoms. The monoisotopic (exact) mass is 152 g/mol. The van der Waals surface area contributed by atoms with Crippen LogP contribution in [-0.2, 0) is 0 Å². The van der Waals surface area contributed by atoms with Gasteiger partial charge in [-0.05, 0) is 6.92 Å². The first kappa shape index (κ1) is 7.98. The van der Waals surface area contributed by atoms with E-state index in [1.165, 1.54) is 0 Å². The fraction of sp³-hybridized carbons (Fsp3) is 0.500. The number of aromatic nitrogens is 2. The highest BCUT2D eigenvalue weighted by Crippen LogP contribution is 2.07. The third kappa shape index (κ3) is 1.48. The van der Waals surface area contributed by atoms with Crippen molar-refractivity contribution in [1.29, 1.82) is 0 Å². The normalized spacial score (nSPS) is 10.5. The van der Waals surface area contributed by atoms with E-state index in [4.69, 9.17) is 0 Å². The number of hydrogen-bond donors (Lipinski definition) is 1. The van der Waals surface area contributed by atoms with E-state index in [1.54, 1.807) is 6.33 Å². The minimum absolute atomic E-state index is 0.0250. The predicted molar refractivity (Wildman–Crippen MR) is 42.5 cm³/mol. The number of hydrogen-bond acceptors (Lipinski definition) is 2. The van der Waals surface area contributed by atoms with Crippen LogP contribution in [0.15, 0.2) is 6.33 Å². The first-order chi connectivity index (χ1) is 5.13. The second-order valence-electron chi connectivity index (χ2n) is 2.90. The lowest BCUT2D eigenvalue weighted by molar-refractivity contribution is 0.0934. The molecule has 0 radical (unpaired) electrons. The molecule has 1 heterocycles. The zero-order valence-electron chi connectivity index (χ0n) is 7.01. The Morgan fingerprint density at radius 2 is 2.27 bits per heavy atom. The van der Waals surface area contributed by atoms with Crippen molar-refractivity contribution in [3.05, 3.63) is 17.7 Å². The number of nitrogens with zero attached hydrogens (tertiary/aromatic N) is 1. The molecule has 0 saturated carbocycles. The smallest absolute Gasteiger partial charge is 0.185 e. The Kier molecular flexibility index (Phi) is 2.08. The van der Waals surface area contributed by atoms with E-state index in [0.29, 0.717) is 5.69 Å². The van der Waals surface area contributed by atoms with Crippen molar-refractivity contribution in [2.75, 3.05) is 0 Å². The van der Waals surface area contributed by atoms with E-state index >= 15 is 0 Å². The molecule has 3 nitrogen and oxygen atoms in total. The SMILES string of the molecule is Cc1[nH]cnc1C(=O)C(C)C. The number of rotatable bonds is 2. The van der Waals surface area contributed by atoms with Gasteiger partial charge in [0, 0.05) is 11.6 Å². The molecule has 0 spiro atoms. The maximum atomic E-state index is 11.3. The standard InChI is InChI=1S/C8H12N2O/c1-5(2)8(11)7-6(3)9-4-10-7/h4-5H,1-3H3,(H,9,10). The molecule has 3 heteroatoms. The second-order valence-corrected chi connectivity index (χ2v) is 2.90. The van der Waals surface area contributed by atoms with Crippen LogP contribution in [-0.4, -0.2) is 15.8 Å². The Morgan fingerprint density at radius 3 is 2.64 bits per heavy atom. The predicted octanol–water partition coefficient (Wildman–Crippen LogP) is 1.56. The molecule has 1 rings (SSSR count). The third-order valence-corrected chi connectivity index (χ3v) is 1.59. The Morgan fingerprint density at radius 1 is 1.64 bits per heavy atom. The summed E-state index contributed by atoms with van der Waals surface area (Å²) in [6.07, 6.45) is 1.55. The highest BCUT2D eigenvalue weighted by molar-refractivity contribution is 5.96. The third-order valence-electron chi connectivity index (χ3n) is 1.59. The number of imidazole rings is 1. The molecule has 60 valence electrons. The number of nitrogens with one attached hydrogen (secondary N) is 1. The summed E-state index contributed by atoms with van der Waals surface area (Å²) in [4.78, 5) is 18.1. The van der Waals surface area contributed by atoms with Crippen molar-refractivity contribution < 1.29 is 4.79 Å². The van der Waals surface area contributed by atoms with E-state index in [1.807, 2.05) is 20.8 Å². The van der Waals surface area contributed by atoms with Gasteiger partial charge in [-0.15, -0.1) is 0 Å². The molecule has 0 aliphatic rings. The van der Waals surface area contributed by atoms with Gasteiger partial charge in [-0.1, -0.05) is 13.8 Å². The molecule has 0 amide bonds. The maximum absolute atomic E-state index is 11.3. The minimum Gasteiger partial charge on any atom is -0.348 e. The van der Waals surface area contributed by atoms with E-state index < -0.39 is 0 Å². The zero-order valence-corrected chi connectivity index (χ0v) is 7.01. The van der Waals surface area contributed by atoms with Gasteiger partial charge in [0.15, 0.2) is 5.78 Å². The van der Waals surface area contributed by atoms with Gasteiger partial charge in [-0.3, -0.25) is 4.79 Å². The molecule has 1 aromatic heterocycles. The summed E-state index contributed by atoms with van der Waals surface area (Å²) in [7, 11) is 0. The van der Waals surface area contributed by atoms with Gasteiger partial charge in [0.05, 0.1) is 6.33 Å². The Balaban J connectivity index is 2.93. The molecule has 0 saturated heterocycles. The number of H-pyrrole nitrogens is 1. The number of aryl methyl sites for hydroxylation is 1. The van der Waals surface area contributed by atoms with Crippen LogP contribution < -0.4 is 0 Å². The van der Waals surface area contributed by atoms with Gasteiger partial charge in [-0.2, -0.15) is 0 Å². The largest absolute Gasteiger partial charge is 0.348 e. The number of ketones is 1. The summed E-state index contributed by atoms with van der Waals surface area (Å²) >= 11 is 0. The average molecular weight is 152 g/mol. The molecule has 0 aliphatic heterocycles. The average Bonchev–Trinajstić information content (AvgIpc) is 2.33. The van der Waals surface area contributed by atoms with Crippen LogP contribution in [0.2, 0.25) is 0 Å². The van der Waals surface area contributed by atoms with Crippen LogP contribution in [0.25, 0.3) is 0 Å². The summed E-state index contributed by atoms with van der Waals surface area (Å²) in [5, 5.41) is 0. The van der Waals surface area contributed by atoms with E-state index in [2.05, 4.69) is 9.97 Å². The maximum Gasteiger partial charge on any atom is 0.185 e. The molecule has 0 fully saturated rings. The molecule has 1 aromatic rings. The molecule has 1 N–H and O–H groups in total. The zero-order chi connectivity index (χ0) is 8.43. The Labute approximate surface area is 65.8 Å². The lowest BCUT2D eigenvalue weighted by Gasteiger charge is -1.99. The van der Waals surface area contributed by atoms with Crippen molar-refractivity contribution >= 4 is 5.78 Å². The molecular weight excluding hydrogens is 140 g/mol. The first-order valence-corrected chi connectivity index (χ1v) is 3.67. The highest BCUT2D eigenvalue weighted by atomic mass is 16.1. The van der Waals surface area contributed by atoms with Gasteiger partial charge in [0.1, 0.15) is 5.69 Å². The van der Waals surface area contributed by atoms with Crippen LogP contribution in [0.3, 0.4) is 0 Å². The number of carbonyl (C=O) groups excluding carboxylic acids is 1. The van der Waals surface area contributed by atoms with Gasteiger partial charge in [-0.25, -0.2) is 4.98 Å². The van der Waals surface area contributed by atoms with Gasteiger partial charge < -0.3 is 4.98 Å². The Hall–Kier alpha value is -1.12. The van der Waals surface area contributed by atoms with E-state index in [0.717, 1.165) is 5.69 Å². The van der Waals surface area contributed by atoms with Gasteiger partial charge in [0.2, 0.25) is 0 Å². The summed E-state index contributed by atoms with van der Waals surface area (Å²) in [6.45, 7) is 5.59. The summed E-state index contributed by atoms with van der Waals surface area (Å²) < 4.78 is 0. The van der Waals surface area contributed by atoms with Crippen molar-refractivity contribution in [2.24, 2.45) is 5.92 Å². The fourth-order valence-electron chi connectivity index (χ4n) is 0.881. The summed E-state index contributed by atoms with van der Waals surface area (Å²) in [5.41, 5.74) is 1.42. The van der Waals surface area contributed by atoms with Gasteiger partial charge in [0.25, 0.3) is 0 Å². The number of Topliss-reactive ketones (excluding diaryl/α,β-unsaturated/α-hetero) is 1. The van der Waals surface area contributed by atoms with Crippen molar-refractivity contribution in [3.63, 3.8) is 0 Å². The number of aromatic amines is 1. The van der Waals surface area contributed by atoms with E-state index in [-0.39, 0.29) is 11.7 Å². The molecule has 0 atom stereocenters. The summed E-state index contributed by atoms with van der Waals surface area (Å²) in [5.74, 6) is 0.126. The summed E-state index contributed by atoms with van der Waals surface area (Å²) in [6, 6.07) is 0. The number of carbonyl (C=O) groups is 1. The first-order valence-electron chi connectivity index (χ1n) is 3.67. The lowest BCUT2D eigenvalue weighted by Crippen LogP contribution is -2.09. The fourth-order valence-corrected chi connectivity index (χ4v) is 0.881. The van der Waals surface area contributed by atoms with Crippen molar-refractivity contribution in [1.82, 2.24) is 9.97 Å². The minimum atomic E-state index is 0.0250. The molecule has 0 unspecified atom stereocenters. The van der Waals surface area contributed by atoms with Crippen LogP contribution in [0, 0.1) is 12.8 Å². The quantitative estimate of drug-likeness (QED) is 0.653. The van der Waals surface area contributed by atoms with Crippen molar-refractivity contribution in [2.45, 2.75) is 20.8 Å². The van der Waals surface area contributed by atoms with Gasteiger partial charge >= 0.3 is 0 Å². The molecule has 0 bridgehead atoms. The molecule has 0 aliphatic carbocycles. The van der Waals surface area contributed by atoms with Crippen LogP contribution >= 0.6 is 0 Å². The Bertz CT molecular complexity index is 263. The van der Waals surface area contributed by atoms with Crippen LogP contribution in [0.1, 0.15) is 30.0 Å². The van der Waals surface area contributed by atoms with E-state index in [9.17, 15) is 4.79 Å². The second kappa shape index (κ2) is 2.86. The topological polar surface area (TPSA) is 45.8 Å². The molecule has 0 aromatic carbocycles. The lowest BCUT2D eigenvalue weighted by atomic mass is 10.1. The van der Waals surface area contributed by atoms with Crippen LogP contribution in [0.5, 0.6) is 0 Å². The van der Waals surface area contributed by atoms with Crippen molar-refractivity contribution in [3.8, 4) is 0 Å².